The van der Waals surface area contributed by atoms with Crippen molar-refractivity contribution in [2.45, 2.75) is 26.4 Å². The van der Waals surface area contributed by atoms with Crippen LogP contribution in [0.5, 0.6) is 5.75 Å². The number of hydrogen-bond donors (Lipinski definition) is 2. The van der Waals surface area contributed by atoms with Crippen LogP contribution in [0.15, 0.2) is 66.7 Å². The summed E-state index contributed by atoms with van der Waals surface area (Å²) in [6.45, 7) is 2.92. The average Bonchev–Trinajstić information content (AvgIpc) is 3.05. The van der Waals surface area contributed by atoms with Crippen molar-refractivity contribution < 1.29 is 14.8 Å². The first kappa shape index (κ1) is 21.0. The van der Waals surface area contributed by atoms with Crippen molar-refractivity contribution >= 4 is 22.4 Å². The van der Waals surface area contributed by atoms with Crippen molar-refractivity contribution in [2.75, 3.05) is 0 Å². The SMILES string of the molecule is Cc1nn(CC(=O)NC(c2ccccc2)c2c(O)ccc3ccccc23)c(C)c1[N+](=O)[O-]. The van der Waals surface area contributed by atoms with E-state index < -0.39 is 11.0 Å². The Bertz CT molecular complexity index is 1310. The van der Waals surface area contributed by atoms with Crippen molar-refractivity contribution in [3.63, 3.8) is 0 Å². The summed E-state index contributed by atoms with van der Waals surface area (Å²) in [5, 5.41) is 30.9. The third-order valence-electron chi connectivity index (χ3n) is 5.49. The Labute approximate surface area is 184 Å². The molecule has 8 heteroatoms. The molecular weight excluding hydrogens is 408 g/mol. The number of rotatable bonds is 6. The molecule has 1 aromatic heterocycles. The van der Waals surface area contributed by atoms with Gasteiger partial charge in [-0.15, -0.1) is 0 Å². The summed E-state index contributed by atoms with van der Waals surface area (Å²) < 4.78 is 1.33. The molecule has 162 valence electrons. The number of carbonyl (C=O) groups excluding carboxylic acids is 1. The summed E-state index contributed by atoms with van der Waals surface area (Å²) in [4.78, 5) is 23.8. The molecule has 1 heterocycles. The van der Waals surface area contributed by atoms with E-state index in [9.17, 15) is 20.0 Å². The molecule has 0 fully saturated rings. The third-order valence-corrected chi connectivity index (χ3v) is 5.49. The molecule has 0 aliphatic carbocycles. The first-order chi connectivity index (χ1) is 15.4. The van der Waals surface area contributed by atoms with Gasteiger partial charge >= 0.3 is 5.69 Å². The van der Waals surface area contributed by atoms with E-state index in [4.69, 9.17) is 0 Å². The van der Waals surface area contributed by atoms with E-state index in [1.165, 1.54) is 4.68 Å². The fourth-order valence-corrected chi connectivity index (χ4v) is 4.00. The topological polar surface area (TPSA) is 110 Å². The Hall–Kier alpha value is -4.20. The van der Waals surface area contributed by atoms with Crippen LogP contribution in [0.1, 0.15) is 28.6 Å². The number of nitrogens with one attached hydrogen (secondary N) is 1. The lowest BCUT2D eigenvalue weighted by molar-refractivity contribution is -0.386. The molecule has 0 saturated heterocycles. The van der Waals surface area contributed by atoms with Gasteiger partial charge in [0.05, 0.1) is 11.0 Å². The van der Waals surface area contributed by atoms with Gasteiger partial charge in [-0.2, -0.15) is 5.10 Å². The quantitative estimate of drug-likeness (QED) is 0.352. The highest BCUT2D eigenvalue weighted by Gasteiger charge is 2.25. The van der Waals surface area contributed by atoms with Gasteiger partial charge in [0, 0.05) is 5.56 Å². The Morgan fingerprint density at radius 2 is 1.78 bits per heavy atom. The Morgan fingerprint density at radius 1 is 1.09 bits per heavy atom. The molecule has 0 saturated carbocycles. The second-order valence-electron chi connectivity index (χ2n) is 7.56. The molecule has 3 aromatic carbocycles. The smallest absolute Gasteiger partial charge is 0.312 e. The van der Waals surface area contributed by atoms with E-state index >= 15 is 0 Å². The average molecular weight is 430 g/mol. The van der Waals surface area contributed by atoms with Gasteiger partial charge in [-0.3, -0.25) is 19.6 Å². The van der Waals surface area contributed by atoms with Gasteiger partial charge in [-0.1, -0.05) is 60.7 Å². The van der Waals surface area contributed by atoms with Crippen LogP contribution in [0.25, 0.3) is 10.8 Å². The fourth-order valence-electron chi connectivity index (χ4n) is 4.00. The minimum absolute atomic E-state index is 0.0691. The summed E-state index contributed by atoms with van der Waals surface area (Å²) in [7, 11) is 0. The van der Waals surface area contributed by atoms with Crippen molar-refractivity contribution in [2.24, 2.45) is 0 Å². The maximum absolute atomic E-state index is 13.0. The second kappa shape index (κ2) is 8.50. The molecule has 0 aliphatic heterocycles. The molecule has 2 N–H and O–H groups in total. The third kappa shape index (κ3) is 3.90. The zero-order valence-electron chi connectivity index (χ0n) is 17.6. The fraction of sp³-hybridized carbons (Fsp3) is 0.167. The normalized spacial score (nSPS) is 11.9. The molecule has 1 amide bonds. The number of benzene rings is 3. The highest BCUT2D eigenvalue weighted by atomic mass is 16.6. The number of fused-ring (bicyclic) bond motifs is 1. The molecule has 4 aromatic rings. The summed E-state index contributed by atoms with van der Waals surface area (Å²) in [6.07, 6.45) is 0. The number of phenolic OH excluding ortho intramolecular Hbond substituents is 1. The first-order valence-electron chi connectivity index (χ1n) is 10.1. The maximum atomic E-state index is 13.0. The van der Waals surface area contributed by atoms with Gasteiger partial charge in [0.25, 0.3) is 0 Å². The van der Waals surface area contributed by atoms with E-state index in [0.717, 1.165) is 16.3 Å². The van der Waals surface area contributed by atoms with Crippen LogP contribution >= 0.6 is 0 Å². The number of aryl methyl sites for hydroxylation is 1. The minimum atomic E-state index is -0.623. The standard InChI is InChI=1S/C24H22N4O4/c1-15-24(28(31)32)16(2)27(26-15)14-21(30)25-23(18-9-4-3-5-10-18)22-19-11-7-6-8-17(19)12-13-20(22)29/h3-13,23,29H,14H2,1-2H3,(H,25,30). The highest BCUT2D eigenvalue weighted by molar-refractivity contribution is 5.89. The number of nitro groups is 1. The lowest BCUT2D eigenvalue weighted by Gasteiger charge is -2.23. The molecular formula is C24H22N4O4. The predicted molar refractivity (Wildman–Crippen MR) is 120 cm³/mol. The number of hydrogen-bond acceptors (Lipinski definition) is 5. The molecule has 1 unspecified atom stereocenters. The van der Waals surface area contributed by atoms with Crippen LogP contribution in [-0.2, 0) is 11.3 Å². The van der Waals surface area contributed by atoms with Gasteiger partial charge < -0.3 is 10.4 Å². The Kier molecular flexibility index (Phi) is 5.59. The van der Waals surface area contributed by atoms with Gasteiger partial charge in [0.15, 0.2) is 0 Å². The lowest BCUT2D eigenvalue weighted by atomic mass is 9.92. The zero-order valence-corrected chi connectivity index (χ0v) is 17.6. The van der Waals surface area contributed by atoms with E-state index in [0.29, 0.717) is 11.3 Å². The predicted octanol–water partition coefficient (Wildman–Crippen LogP) is 4.17. The molecule has 0 spiro atoms. The van der Waals surface area contributed by atoms with Crippen LogP contribution in [-0.4, -0.2) is 25.7 Å². The summed E-state index contributed by atoms with van der Waals surface area (Å²) in [6, 6.07) is 19.8. The van der Waals surface area contributed by atoms with Crippen LogP contribution in [0.4, 0.5) is 5.69 Å². The molecule has 4 rings (SSSR count). The highest BCUT2D eigenvalue weighted by Crippen LogP contribution is 2.35. The van der Waals surface area contributed by atoms with Gasteiger partial charge in [0.1, 0.15) is 23.7 Å². The van der Waals surface area contributed by atoms with Crippen LogP contribution in [0, 0.1) is 24.0 Å². The van der Waals surface area contributed by atoms with Crippen molar-refractivity contribution in [3.05, 3.63) is 99.4 Å². The van der Waals surface area contributed by atoms with Crippen LogP contribution in [0.3, 0.4) is 0 Å². The number of nitrogens with zero attached hydrogens (tertiary/aromatic N) is 3. The molecule has 0 aliphatic rings. The molecule has 0 radical (unpaired) electrons. The lowest BCUT2D eigenvalue weighted by Crippen LogP contribution is -2.33. The molecule has 8 nitrogen and oxygen atoms in total. The molecule has 32 heavy (non-hydrogen) atoms. The van der Waals surface area contributed by atoms with E-state index in [2.05, 4.69) is 10.4 Å². The van der Waals surface area contributed by atoms with Crippen molar-refractivity contribution in [3.8, 4) is 5.75 Å². The van der Waals surface area contributed by atoms with Gasteiger partial charge in [-0.25, -0.2) is 0 Å². The number of phenols is 1. The van der Waals surface area contributed by atoms with Crippen LogP contribution < -0.4 is 5.32 Å². The summed E-state index contributed by atoms with van der Waals surface area (Å²) >= 11 is 0. The van der Waals surface area contributed by atoms with Gasteiger partial charge in [0.2, 0.25) is 5.91 Å². The van der Waals surface area contributed by atoms with Crippen molar-refractivity contribution in [1.29, 1.82) is 0 Å². The number of amides is 1. The van der Waals surface area contributed by atoms with E-state index in [-0.39, 0.29) is 29.6 Å². The first-order valence-corrected chi connectivity index (χ1v) is 10.1. The Morgan fingerprint density at radius 3 is 2.47 bits per heavy atom. The van der Waals surface area contributed by atoms with Gasteiger partial charge in [-0.05, 0) is 36.2 Å². The number of aromatic hydroxyl groups is 1. The van der Waals surface area contributed by atoms with E-state index in [1.807, 2.05) is 60.7 Å². The second-order valence-corrected chi connectivity index (χ2v) is 7.56. The molecule has 0 bridgehead atoms. The van der Waals surface area contributed by atoms with E-state index in [1.54, 1.807) is 19.9 Å². The largest absolute Gasteiger partial charge is 0.508 e. The monoisotopic (exact) mass is 430 g/mol. The maximum Gasteiger partial charge on any atom is 0.312 e. The van der Waals surface area contributed by atoms with Crippen LogP contribution in [0.2, 0.25) is 0 Å². The summed E-state index contributed by atoms with van der Waals surface area (Å²) in [5.41, 5.74) is 1.86. The minimum Gasteiger partial charge on any atom is -0.508 e. The Balaban J connectivity index is 1.73. The number of aromatic nitrogens is 2. The number of carbonyl (C=O) groups is 1. The zero-order chi connectivity index (χ0) is 22.8. The van der Waals surface area contributed by atoms with Crippen molar-refractivity contribution in [1.82, 2.24) is 15.1 Å². The summed E-state index contributed by atoms with van der Waals surface area (Å²) in [5.74, 6) is -0.314. The molecule has 1 atom stereocenters.